The lowest BCUT2D eigenvalue weighted by molar-refractivity contribution is -0.404. The van der Waals surface area contributed by atoms with Gasteiger partial charge in [0, 0.05) is 0 Å². The van der Waals surface area contributed by atoms with Crippen LogP contribution in [0.5, 0.6) is 0 Å². The first-order valence-electron chi connectivity index (χ1n) is 38.7. The second-order valence-electron chi connectivity index (χ2n) is 30.8. The van der Waals surface area contributed by atoms with Crippen LogP contribution in [-0.4, -0.2) is 589 Å². The highest BCUT2D eigenvalue weighted by Crippen LogP contribution is 2.42. The molecule has 35 N–H and O–H groups in total. The van der Waals surface area contributed by atoms with Gasteiger partial charge in [-0.15, -0.1) is 0 Å². The van der Waals surface area contributed by atoms with Gasteiger partial charge in [-0.05, 0) is 0 Å². The van der Waals surface area contributed by atoms with E-state index < -0.39 is 410 Å². The van der Waals surface area contributed by atoms with Crippen molar-refractivity contribution >= 4 is 0 Å². The quantitative estimate of drug-likeness (QED) is 0.0306. The van der Waals surface area contributed by atoms with Crippen LogP contribution >= 0.6 is 0 Å². The molecule has 0 aromatic carbocycles. The zero-order valence-corrected chi connectivity index (χ0v) is 63.8. The normalized spacial score (nSPS) is 53.8. The van der Waals surface area contributed by atoms with E-state index >= 15 is 0 Å². The summed E-state index contributed by atoms with van der Waals surface area (Å²) in [5, 5.41) is 386. The molecule has 0 amide bonds. The van der Waals surface area contributed by atoms with Crippen LogP contribution in [-0.2, 0) is 99.5 Å². The lowest BCUT2D eigenvalue weighted by atomic mass is 9.94. The Hall–Kier alpha value is -2.24. The van der Waals surface area contributed by atoms with E-state index in [0.29, 0.717) is 0 Å². The van der Waals surface area contributed by atoms with Gasteiger partial charge in [0.15, 0.2) is 69.2 Å². The van der Waals surface area contributed by atoms with Crippen LogP contribution in [0.1, 0.15) is 0 Å². The Labute approximate surface area is 687 Å². The minimum atomic E-state index is -2.61. The summed E-state index contributed by atoms with van der Waals surface area (Å²) in [5.74, 6) is 0. The summed E-state index contributed by atoms with van der Waals surface area (Å²) < 4.78 is 119. The van der Waals surface area contributed by atoms with Crippen LogP contribution in [0, 0.1) is 0 Å². The monoisotopic (exact) mass is 1800 g/mol. The molecule has 11 fully saturated rings. The van der Waals surface area contributed by atoms with Gasteiger partial charge in [-0.3, -0.25) is 0 Å². The van der Waals surface area contributed by atoms with E-state index in [1.165, 1.54) is 0 Å². The van der Waals surface area contributed by atoms with E-state index in [0.717, 1.165) is 0 Å². The zero-order chi connectivity index (χ0) is 89.4. The summed E-state index contributed by atoms with van der Waals surface area (Å²) in [5.41, 5.74) is 0. The molecule has 0 aromatic rings. The van der Waals surface area contributed by atoms with E-state index in [1.807, 2.05) is 0 Å². The smallest absolute Gasteiger partial charge is 0.187 e. The summed E-state index contributed by atoms with van der Waals surface area (Å²) in [6.07, 6.45) is -119. The van der Waals surface area contributed by atoms with Gasteiger partial charge in [0.2, 0.25) is 0 Å². The molecule has 0 aromatic heterocycles. The summed E-state index contributed by atoms with van der Waals surface area (Å²) in [4.78, 5) is 0. The highest BCUT2D eigenvalue weighted by Gasteiger charge is 2.62. The highest BCUT2D eigenvalue weighted by molar-refractivity contribution is 5.04. The van der Waals surface area contributed by atoms with Crippen molar-refractivity contribution < 1.29 is 278 Å². The Morgan fingerprint density at radius 3 is 0.492 bits per heavy atom. The fraction of sp³-hybridized carbons (Fsp3) is 1.00. The van der Waals surface area contributed by atoms with E-state index in [9.17, 15) is 179 Å². The predicted molar refractivity (Wildman–Crippen MR) is 362 cm³/mol. The summed E-state index contributed by atoms with van der Waals surface area (Å²) in [6, 6.07) is 0. The molecule has 0 aliphatic carbocycles. The van der Waals surface area contributed by atoms with Crippen molar-refractivity contribution in [1.82, 2.24) is 0 Å². The molecular formula is C66H112O56. The summed E-state index contributed by atoms with van der Waals surface area (Å²) in [7, 11) is 0. The fourth-order valence-electron chi connectivity index (χ4n) is 15.8. The fourth-order valence-corrected chi connectivity index (χ4v) is 15.8. The Bertz CT molecular complexity index is 3120. The highest BCUT2D eigenvalue weighted by atomic mass is 16.8. The van der Waals surface area contributed by atoms with Crippen LogP contribution in [0.25, 0.3) is 0 Å². The minimum Gasteiger partial charge on any atom is -0.394 e. The second-order valence-corrected chi connectivity index (χ2v) is 30.8. The molecule has 0 saturated carbocycles. The molecule has 11 saturated heterocycles. The maximum absolute atomic E-state index is 12.3. The molecular weight excluding hydrogens is 1690 g/mol. The van der Waals surface area contributed by atoms with Crippen molar-refractivity contribution in [3.63, 3.8) is 0 Å². The third-order valence-corrected chi connectivity index (χ3v) is 23.0. The predicted octanol–water partition coefficient (Wildman–Crippen LogP) is -25.0. The first kappa shape index (κ1) is 100. The van der Waals surface area contributed by atoms with Crippen LogP contribution in [0.2, 0.25) is 0 Å². The van der Waals surface area contributed by atoms with Crippen molar-refractivity contribution in [3.05, 3.63) is 0 Å². The average molecular weight is 1800 g/mol. The van der Waals surface area contributed by atoms with Crippen LogP contribution in [0.3, 0.4) is 0 Å². The topological polar surface area (TPSA) is 902 Å². The SMILES string of the molecule is OCC1O[C@@H](OCC2O[C@@H](O[C@@H]3C(O)[C@H](O[C@@H]4C(O)[C@H](O[C@@H]5C(O)[C@H](O[C@@H]6C(O)[C@H](O)OC(CO)[C@H]6O)OC(CO)[C@H]5O)OC(CO)[C@H]4O)OC(CO)[C@H]3O)C(O)[C@@H](O[C@@H]3OC(CO)[C@@H](O)[C@H](O[C@@H]4OC(CO)[C@@H](O)[C@H](O[C@@H]5OC(CO)[C@@H](O)[C@H](O[C@@H]6OC(CO)[C@@H](O)[C@H](O[C@@H]7OC(CO)[C@@H](O)[C@H](O)C7O)C6O)C5O)C4O)C3O)[C@@H]2O)C(O)[C@@H](O)[C@@H]1O. The molecule has 11 aliphatic rings. The van der Waals surface area contributed by atoms with E-state index in [2.05, 4.69) is 0 Å². The molecule has 55 atom stereocenters. The summed E-state index contributed by atoms with van der Waals surface area (Å²) >= 11 is 0. The van der Waals surface area contributed by atoms with Gasteiger partial charge in [0.05, 0.1) is 72.7 Å². The third kappa shape index (κ3) is 20.7. The van der Waals surface area contributed by atoms with E-state index in [-0.39, 0.29) is 0 Å². The Morgan fingerprint density at radius 1 is 0.139 bits per heavy atom. The molecule has 56 nitrogen and oxygen atoms in total. The first-order chi connectivity index (χ1) is 57.9. The Balaban J connectivity index is 0.812. The molecule has 712 valence electrons. The largest absolute Gasteiger partial charge is 0.394 e. The van der Waals surface area contributed by atoms with Crippen molar-refractivity contribution in [2.75, 3.05) is 72.7 Å². The minimum absolute atomic E-state index is 0.939. The van der Waals surface area contributed by atoms with Crippen LogP contribution in [0.15, 0.2) is 0 Å². The van der Waals surface area contributed by atoms with Crippen molar-refractivity contribution in [2.24, 2.45) is 0 Å². The van der Waals surface area contributed by atoms with Gasteiger partial charge in [0.1, 0.15) is 269 Å². The molecule has 0 spiro atoms. The van der Waals surface area contributed by atoms with Crippen molar-refractivity contribution in [3.8, 4) is 0 Å². The van der Waals surface area contributed by atoms with Gasteiger partial charge >= 0.3 is 0 Å². The maximum atomic E-state index is 12.3. The molecule has 11 aliphatic heterocycles. The molecule has 56 heteroatoms. The Kier molecular flexibility index (Phi) is 35.7. The summed E-state index contributed by atoms with van der Waals surface area (Å²) in [6.45, 7) is -12.2. The standard InChI is InChI=1S/C66H112O56/c67-1-12-23(77)34(88)36(90)57(104-12)102-11-22-33(87)55(46(100)66(113-22)121-54-32(86)21(10-76)111-64(45(54)99)119-52-30(84)18(7-73)108-61(42(52)96)116-49-27(81)16(5-71)106-59(40(49)94)114-47-25(79)14(3-69)103-56(101)38(47)92)122-65-44(98)53(31(85)20(9-75)112-65)120-63-43(97)51(29(83)19(8-74)110-63)118-62-41(95)50(28(82)17(6-72)109-62)117-60-39(93)48(26(80)15(4-70)107-60)115-58-37(91)35(89)24(78)13(2-68)105-58/h12-101H,1-11H2/t12?,13?,14?,15?,16?,17?,18?,19?,20?,21?,22?,23-,24-,25-,26-,27-,28-,29-,30-,31-,32-,33-,34+,35+,36?,37?,38?,39?,40?,41?,42?,43?,44?,45?,46?,47+,48+,49+,50+,51+,52+,53+,54+,55+,56-,57-,58+,59+,60+,61+,62+,63+,64+,65+,66+/m1/s1. The second kappa shape index (κ2) is 43.4. The van der Waals surface area contributed by atoms with Gasteiger partial charge in [0.25, 0.3) is 0 Å². The van der Waals surface area contributed by atoms with Gasteiger partial charge in [-0.25, -0.2) is 0 Å². The van der Waals surface area contributed by atoms with E-state index in [1.54, 1.807) is 0 Å². The molecule has 22 unspecified atom stereocenters. The number of aliphatic hydroxyl groups excluding tert-OH is 35. The number of rotatable bonds is 31. The zero-order valence-electron chi connectivity index (χ0n) is 63.8. The van der Waals surface area contributed by atoms with Gasteiger partial charge < -0.3 is 278 Å². The Morgan fingerprint density at radius 2 is 0.287 bits per heavy atom. The number of ether oxygens (including phenoxy) is 21. The van der Waals surface area contributed by atoms with E-state index in [4.69, 9.17) is 99.5 Å². The molecule has 11 rings (SSSR count). The molecule has 0 bridgehead atoms. The van der Waals surface area contributed by atoms with Gasteiger partial charge in [-0.1, -0.05) is 0 Å². The third-order valence-electron chi connectivity index (χ3n) is 23.0. The molecule has 122 heavy (non-hydrogen) atoms. The average Bonchev–Trinajstić information content (AvgIpc) is 0.765. The van der Waals surface area contributed by atoms with Gasteiger partial charge in [-0.2, -0.15) is 0 Å². The first-order valence-corrected chi connectivity index (χ1v) is 38.7. The van der Waals surface area contributed by atoms with Crippen molar-refractivity contribution in [1.29, 1.82) is 0 Å². The molecule has 11 heterocycles. The number of hydrogen-bond acceptors (Lipinski definition) is 56. The molecule has 0 radical (unpaired) electrons. The van der Waals surface area contributed by atoms with Crippen LogP contribution in [0.4, 0.5) is 0 Å². The lowest BCUT2D eigenvalue weighted by Gasteiger charge is -2.50. The number of hydrogen-bond donors (Lipinski definition) is 35. The number of aliphatic hydroxyl groups is 35. The maximum Gasteiger partial charge on any atom is 0.187 e. The van der Waals surface area contributed by atoms with Crippen LogP contribution < -0.4 is 0 Å². The van der Waals surface area contributed by atoms with Crippen molar-refractivity contribution in [2.45, 2.75) is 338 Å². The lowest BCUT2D eigenvalue weighted by Crippen LogP contribution is -2.69.